The molecule has 5 heteroatoms. The molecule has 0 atom stereocenters. The van der Waals surface area contributed by atoms with Crippen molar-refractivity contribution in [3.8, 4) is 0 Å². The first-order chi connectivity index (χ1) is 6.45. The van der Waals surface area contributed by atoms with Crippen LogP contribution in [-0.4, -0.2) is 11.7 Å². The van der Waals surface area contributed by atoms with Crippen molar-refractivity contribution in [2.24, 2.45) is 0 Å². The molecule has 1 nitrogen and oxygen atoms in total. The molecule has 0 bridgehead atoms. The Morgan fingerprint density at radius 1 is 1.21 bits per heavy atom. The third kappa shape index (κ3) is 2.45. The standard InChI is InChI=1S/C9H8F4O/c10-8-5-6(3-4-14)1-2-7(8)9(11,12)13/h1-2,5,14H,3-4H2. The molecule has 0 saturated heterocycles. The van der Waals surface area contributed by atoms with E-state index in [1.165, 1.54) is 0 Å². The van der Waals surface area contributed by atoms with Gasteiger partial charge in [0.2, 0.25) is 0 Å². The van der Waals surface area contributed by atoms with Crippen LogP contribution in [0.2, 0.25) is 0 Å². The summed E-state index contributed by atoms with van der Waals surface area (Å²) in [5.41, 5.74) is -0.933. The Bertz CT molecular complexity index is 319. The smallest absolute Gasteiger partial charge is 0.396 e. The molecule has 0 aromatic heterocycles. The molecule has 0 spiro atoms. The Balaban J connectivity index is 3.02. The summed E-state index contributed by atoms with van der Waals surface area (Å²) in [4.78, 5) is 0. The number of hydrogen-bond donors (Lipinski definition) is 1. The Morgan fingerprint density at radius 3 is 2.29 bits per heavy atom. The summed E-state index contributed by atoms with van der Waals surface area (Å²) in [5.74, 6) is -1.30. The summed E-state index contributed by atoms with van der Waals surface area (Å²) in [6.45, 7) is -0.217. The van der Waals surface area contributed by atoms with E-state index in [0.717, 1.165) is 12.1 Å². The molecule has 0 aliphatic rings. The van der Waals surface area contributed by atoms with Crippen molar-refractivity contribution < 1.29 is 22.7 Å². The maximum Gasteiger partial charge on any atom is 0.419 e. The van der Waals surface area contributed by atoms with E-state index in [9.17, 15) is 17.6 Å². The average molecular weight is 208 g/mol. The molecule has 0 fully saturated rings. The molecule has 0 aliphatic heterocycles. The molecular weight excluding hydrogens is 200 g/mol. The molecule has 1 aromatic rings. The largest absolute Gasteiger partial charge is 0.419 e. The molecule has 1 aromatic carbocycles. The van der Waals surface area contributed by atoms with Gasteiger partial charge >= 0.3 is 6.18 Å². The second kappa shape index (κ2) is 3.96. The van der Waals surface area contributed by atoms with E-state index in [4.69, 9.17) is 5.11 Å². The molecule has 0 unspecified atom stereocenters. The van der Waals surface area contributed by atoms with Gasteiger partial charge in [0, 0.05) is 6.61 Å². The summed E-state index contributed by atoms with van der Waals surface area (Å²) in [7, 11) is 0. The molecule has 0 heterocycles. The summed E-state index contributed by atoms with van der Waals surface area (Å²) in [6.07, 6.45) is -4.52. The van der Waals surface area contributed by atoms with Crippen LogP contribution in [0.3, 0.4) is 0 Å². The minimum atomic E-state index is -4.66. The van der Waals surface area contributed by atoms with Crippen molar-refractivity contribution in [3.05, 3.63) is 35.1 Å². The fourth-order valence-electron chi connectivity index (χ4n) is 1.07. The normalized spacial score (nSPS) is 11.8. The van der Waals surface area contributed by atoms with Crippen molar-refractivity contribution in [3.63, 3.8) is 0 Å². The average Bonchev–Trinajstić information content (AvgIpc) is 2.02. The topological polar surface area (TPSA) is 20.2 Å². The van der Waals surface area contributed by atoms with E-state index in [-0.39, 0.29) is 13.0 Å². The van der Waals surface area contributed by atoms with Crippen LogP contribution in [0.15, 0.2) is 18.2 Å². The second-order valence-electron chi connectivity index (χ2n) is 2.79. The van der Waals surface area contributed by atoms with Crippen molar-refractivity contribution in [1.29, 1.82) is 0 Å². The van der Waals surface area contributed by atoms with Crippen LogP contribution in [-0.2, 0) is 12.6 Å². The van der Waals surface area contributed by atoms with Gasteiger partial charge < -0.3 is 5.11 Å². The minimum absolute atomic E-state index is 0.148. The zero-order valence-corrected chi connectivity index (χ0v) is 7.11. The van der Waals surface area contributed by atoms with Crippen LogP contribution in [0.4, 0.5) is 17.6 Å². The first-order valence-corrected chi connectivity index (χ1v) is 3.91. The summed E-state index contributed by atoms with van der Waals surface area (Å²) >= 11 is 0. The fourth-order valence-corrected chi connectivity index (χ4v) is 1.07. The highest BCUT2D eigenvalue weighted by molar-refractivity contribution is 5.26. The lowest BCUT2D eigenvalue weighted by molar-refractivity contribution is -0.140. The minimum Gasteiger partial charge on any atom is -0.396 e. The lowest BCUT2D eigenvalue weighted by Gasteiger charge is -2.08. The quantitative estimate of drug-likeness (QED) is 0.740. The van der Waals surface area contributed by atoms with Crippen molar-refractivity contribution in [2.45, 2.75) is 12.6 Å². The van der Waals surface area contributed by atoms with Gasteiger partial charge in [0.25, 0.3) is 0 Å². The molecule has 0 radical (unpaired) electrons. The van der Waals surface area contributed by atoms with Gasteiger partial charge in [-0.1, -0.05) is 6.07 Å². The SMILES string of the molecule is OCCc1ccc(C(F)(F)F)c(F)c1. The molecule has 1 rings (SSSR count). The van der Waals surface area contributed by atoms with Crippen LogP contribution >= 0.6 is 0 Å². The Hall–Kier alpha value is -1.10. The van der Waals surface area contributed by atoms with Gasteiger partial charge in [-0.25, -0.2) is 4.39 Å². The number of alkyl halides is 3. The zero-order valence-electron chi connectivity index (χ0n) is 7.11. The van der Waals surface area contributed by atoms with Crippen LogP contribution < -0.4 is 0 Å². The van der Waals surface area contributed by atoms with Crippen LogP contribution in [0.5, 0.6) is 0 Å². The van der Waals surface area contributed by atoms with E-state index in [1.807, 2.05) is 0 Å². The maximum atomic E-state index is 12.9. The lowest BCUT2D eigenvalue weighted by atomic mass is 10.1. The fraction of sp³-hybridized carbons (Fsp3) is 0.333. The van der Waals surface area contributed by atoms with E-state index in [2.05, 4.69) is 0 Å². The zero-order chi connectivity index (χ0) is 10.8. The van der Waals surface area contributed by atoms with Gasteiger partial charge in [-0.2, -0.15) is 13.2 Å². The van der Waals surface area contributed by atoms with Gasteiger partial charge in [-0.05, 0) is 24.1 Å². The molecular formula is C9H8F4O. The molecule has 14 heavy (non-hydrogen) atoms. The highest BCUT2D eigenvalue weighted by atomic mass is 19.4. The second-order valence-corrected chi connectivity index (χ2v) is 2.79. The number of halogens is 4. The number of aliphatic hydroxyl groups excluding tert-OH is 1. The van der Waals surface area contributed by atoms with Crippen molar-refractivity contribution >= 4 is 0 Å². The predicted molar refractivity (Wildman–Crippen MR) is 42.2 cm³/mol. The van der Waals surface area contributed by atoms with Crippen LogP contribution in [0.1, 0.15) is 11.1 Å². The number of benzene rings is 1. The van der Waals surface area contributed by atoms with Gasteiger partial charge in [0.05, 0.1) is 5.56 Å². The summed E-state index contributed by atoms with van der Waals surface area (Å²) < 4.78 is 49.1. The number of hydrogen-bond acceptors (Lipinski definition) is 1. The van der Waals surface area contributed by atoms with Crippen molar-refractivity contribution in [2.75, 3.05) is 6.61 Å². The van der Waals surface area contributed by atoms with Gasteiger partial charge in [0.15, 0.2) is 0 Å². The van der Waals surface area contributed by atoms with Gasteiger partial charge in [-0.3, -0.25) is 0 Å². The molecule has 1 N–H and O–H groups in total. The monoisotopic (exact) mass is 208 g/mol. The van der Waals surface area contributed by atoms with Crippen LogP contribution in [0, 0.1) is 5.82 Å². The molecule has 78 valence electrons. The molecule has 0 aliphatic carbocycles. The predicted octanol–water partition coefficient (Wildman–Crippen LogP) is 2.38. The Kier molecular flexibility index (Phi) is 3.10. The highest BCUT2D eigenvalue weighted by Crippen LogP contribution is 2.31. The maximum absolute atomic E-state index is 12.9. The van der Waals surface area contributed by atoms with E-state index >= 15 is 0 Å². The Labute approximate surface area is 78.0 Å². The molecule has 0 saturated carbocycles. The van der Waals surface area contributed by atoms with Gasteiger partial charge in [-0.15, -0.1) is 0 Å². The molecule has 0 amide bonds. The first kappa shape index (κ1) is 11.0. The number of rotatable bonds is 2. The van der Waals surface area contributed by atoms with Gasteiger partial charge in [0.1, 0.15) is 5.82 Å². The van der Waals surface area contributed by atoms with Crippen LogP contribution in [0.25, 0.3) is 0 Å². The summed E-state index contributed by atoms with van der Waals surface area (Å²) in [5, 5.41) is 8.50. The van der Waals surface area contributed by atoms with E-state index in [1.54, 1.807) is 0 Å². The van der Waals surface area contributed by atoms with E-state index < -0.39 is 17.6 Å². The third-order valence-corrected chi connectivity index (χ3v) is 1.74. The number of aliphatic hydroxyl groups is 1. The lowest BCUT2D eigenvalue weighted by Crippen LogP contribution is -2.08. The third-order valence-electron chi connectivity index (χ3n) is 1.74. The first-order valence-electron chi connectivity index (χ1n) is 3.91. The Morgan fingerprint density at radius 2 is 1.86 bits per heavy atom. The summed E-state index contributed by atoms with van der Waals surface area (Å²) in [6, 6.07) is 2.63. The highest BCUT2D eigenvalue weighted by Gasteiger charge is 2.33. The van der Waals surface area contributed by atoms with Crippen molar-refractivity contribution in [1.82, 2.24) is 0 Å². The van der Waals surface area contributed by atoms with E-state index in [0.29, 0.717) is 11.6 Å².